The van der Waals surface area contributed by atoms with Crippen LogP contribution in [0.2, 0.25) is 19.1 Å². The van der Waals surface area contributed by atoms with Crippen molar-refractivity contribution < 1.29 is 13.2 Å². The quantitative estimate of drug-likeness (QED) is 0.389. The fourth-order valence-electron chi connectivity index (χ4n) is 1.54. The lowest BCUT2D eigenvalue weighted by atomic mass is 10.3. The van der Waals surface area contributed by atoms with E-state index in [0.29, 0.717) is 5.75 Å². The van der Waals surface area contributed by atoms with Gasteiger partial charge in [-0.05, 0) is 32.5 Å². The highest BCUT2D eigenvalue weighted by Gasteiger charge is 2.19. The molecule has 1 unspecified atom stereocenters. The van der Waals surface area contributed by atoms with E-state index in [1.54, 1.807) is 0 Å². The Morgan fingerprint density at radius 3 is 2.00 bits per heavy atom. The van der Waals surface area contributed by atoms with Gasteiger partial charge in [0, 0.05) is 12.4 Å². The summed E-state index contributed by atoms with van der Waals surface area (Å²) >= 11 is -1.57. The predicted octanol–water partition coefficient (Wildman–Crippen LogP) is 4.43. The molecule has 0 heterocycles. The molecule has 0 aliphatic carbocycles. The van der Waals surface area contributed by atoms with Gasteiger partial charge >= 0.3 is 0 Å². The van der Waals surface area contributed by atoms with Crippen molar-refractivity contribution in [3.63, 3.8) is 0 Å². The molecule has 0 spiro atoms. The molecular weight excluding hydrogens is 264 g/mol. The highest BCUT2D eigenvalue weighted by atomic mass is 32.2. The molecular formula is C13H32O3SSi. The lowest BCUT2D eigenvalue weighted by Crippen LogP contribution is -2.29. The van der Waals surface area contributed by atoms with E-state index in [1.165, 1.54) is 18.9 Å². The second-order valence-electron chi connectivity index (χ2n) is 5.03. The lowest BCUT2D eigenvalue weighted by Gasteiger charge is -2.21. The molecule has 0 aliphatic heterocycles. The molecule has 0 fully saturated rings. The van der Waals surface area contributed by atoms with Crippen LogP contribution >= 0.6 is 0 Å². The van der Waals surface area contributed by atoms with Gasteiger partial charge in [-0.1, -0.05) is 39.5 Å². The Labute approximate surface area is 117 Å². The van der Waals surface area contributed by atoms with Gasteiger partial charge < -0.3 is 8.98 Å². The Hall–Kier alpha value is 0.287. The van der Waals surface area contributed by atoms with E-state index in [9.17, 15) is 4.21 Å². The summed E-state index contributed by atoms with van der Waals surface area (Å²) in [6.07, 6.45) is 5.67. The number of unbranched alkanes of at least 4 members (excludes halogenated alkanes) is 3. The third-order valence-electron chi connectivity index (χ3n) is 2.59. The Morgan fingerprint density at radius 2 is 1.61 bits per heavy atom. The average molecular weight is 297 g/mol. The Bertz CT molecular complexity index is 199. The van der Waals surface area contributed by atoms with Gasteiger partial charge in [-0.15, -0.1) is 0 Å². The fraction of sp³-hybridized carbons (Fsp3) is 1.00. The van der Waals surface area contributed by atoms with Crippen molar-refractivity contribution in [1.82, 2.24) is 0 Å². The minimum atomic E-state index is -1.57. The predicted molar refractivity (Wildman–Crippen MR) is 84.0 cm³/mol. The molecule has 0 aromatic carbocycles. The maximum Gasteiger partial charge on any atom is 0.186 e. The third kappa shape index (κ3) is 18.6. The summed E-state index contributed by atoms with van der Waals surface area (Å²) < 4.78 is 23.9. The van der Waals surface area contributed by atoms with E-state index in [4.69, 9.17) is 8.98 Å². The summed E-state index contributed by atoms with van der Waals surface area (Å²) in [7, 11) is -1.22. The van der Waals surface area contributed by atoms with Crippen molar-refractivity contribution in [2.24, 2.45) is 0 Å². The van der Waals surface area contributed by atoms with Crippen molar-refractivity contribution >= 4 is 19.4 Å². The van der Waals surface area contributed by atoms with Crippen LogP contribution in [0.15, 0.2) is 0 Å². The zero-order chi connectivity index (χ0) is 14.4. The highest BCUT2D eigenvalue weighted by Crippen LogP contribution is 2.14. The van der Waals surface area contributed by atoms with Crippen LogP contribution in [0.25, 0.3) is 0 Å². The minimum absolute atomic E-state index is 0.438. The molecule has 0 saturated heterocycles. The molecule has 18 heavy (non-hydrogen) atoms. The molecule has 5 heteroatoms. The van der Waals surface area contributed by atoms with E-state index < -0.39 is 19.4 Å². The largest absolute Gasteiger partial charge is 0.418 e. The Kier molecular flexibility index (Phi) is 15.7. The molecule has 1 atom stereocenters. The molecule has 1 N–H and O–H groups in total. The van der Waals surface area contributed by atoms with Crippen molar-refractivity contribution in [3.05, 3.63) is 0 Å². The molecule has 0 aliphatic rings. The first kappa shape index (κ1) is 20.6. The number of rotatable bonds is 9. The molecule has 0 radical (unpaired) electrons. The zero-order valence-corrected chi connectivity index (χ0v) is 14.6. The first-order valence-corrected chi connectivity index (χ1v) is 11.5. The van der Waals surface area contributed by atoms with Crippen molar-refractivity contribution in [2.75, 3.05) is 12.4 Å². The van der Waals surface area contributed by atoms with Crippen LogP contribution < -0.4 is 0 Å². The smallest absolute Gasteiger partial charge is 0.186 e. The Balaban J connectivity index is 0. The molecule has 0 aromatic heterocycles. The topological polar surface area (TPSA) is 46.5 Å². The van der Waals surface area contributed by atoms with E-state index in [1.807, 2.05) is 0 Å². The van der Waals surface area contributed by atoms with Crippen molar-refractivity contribution in [2.45, 2.75) is 72.0 Å². The van der Waals surface area contributed by atoms with Crippen LogP contribution in [0.4, 0.5) is 0 Å². The minimum Gasteiger partial charge on any atom is -0.418 e. The van der Waals surface area contributed by atoms with Gasteiger partial charge in [-0.3, -0.25) is 0 Å². The SMILES string of the molecule is CCCCCS(=O)O.CCCC[Si](C)(C)OCC. The highest BCUT2D eigenvalue weighted by molar-refractivity contribution is 7.79. The summed E-state index contributed by atoms with van der Waals surface area (Å²) in [5.41, 5.74) is 0. The first-order valence-electron chi connectivity index (χ1n) is 7.11. The maximum atomic E-state index is 9.99. The summed E-state index contributed by atoms with van der Waals surface area (Å²) in [4.78, 5) is 0. The van der Waals surface area contributed by atoms with Gasteiger partial charge in [0.2, 0.25) is 0 Å². The average Bonchev–Trinajstić information content (AvgIpc) is 2.27. The summed E-state index contributed by atoms with van der Waals surface area (Å²) in [6.45, 7) is 11.9. The normalized spacial score (nSPS) is 12.8. The van der Waals surface area contributed by atoms with Crippen LogP contribution in [0.3, 0.4) is 0 Å². The monoisotopic (exact) mass is 296 g/mol. The van der Waals surface area contributed by atoms with Crippen LogP contribution in [0, 0.1) is 0 Å². The Morgan fingerprint density at radius 1 is 1.06 bits per heavy atom. The molecule has 0 saturated carbocycles. The van der Waals surface area contributed by atoms with Gasteiger partial charge in [0.25, 0.3) is 0 Å². The summed E-state index contributed by atoms with van der Waals surface area (Å²) in [5.74, 6) is 0.438. The second kappa shape index (κ2) is 13.7. The van der Waals surface area contributed by atoms with E-state index >= 15 is 0 Å². The standard InChI is InChI=1S/C8H20OSi.C5H12O2S/c1-5-7-8-10(3,4)9-6-2;1-2-3-4-5-8(6)7/h5-8H2,1-4H3;2-5H2,1H3,(H,6,7). The third-order valence-corrected chi connectivity index (χ3v) is 5.86. The maximum absolute atomic E-state index is 9.99. The second-order valence-corrected chi connectivity index (χ2v) is 10.4. The lowest BCUT2D eigenvalue weighted by molar-refractivity contribution is 0.328. The molecule has 0 amide bonds. The molecule has 0 aromatic rings. The number of hydrogen-bond acceptors (Lipinski definition) is 2. The van der Waals surface area contributed by atoms with Crippen LogP contribution in [-0.2, 0) is 15.5 Å². The van der Waals surface area contributed by atoms with Crippen LogP contribution in [0.1, 0.15) is 52.9 Å². The summed E-state index contributed by atoms with van der Waals surface area (Å²) in [6, 6.07) is 1.32. The van der Waals surface area contributed by atoms with Crippen LogP contribution in [0.5, 0.6) is 0 Å². The van der Waals surface area contributed by atoms with Gasteiger partial charge in [-0.25, -0.2) is 4.21 Å². The van der Waals surface area contributed by atoms with Gasteiger partial charge in [0.15, 0.2) is 19.4 Å². The molecule has 0 bridgehead atoms. The van der Waals surface area contributed by atoms with E-state index in [-0.39, 0.29) is 0 Å². The van der Waals surface area contributed by atoms with Gasteiger partial charge in [0.1, 0.15) is 0 Å². The zero-order valence-electron chi connectivity index (χ0n) is 12.8. The van der Waals surface area contributed by atoms with E-state index in [2.05, 4.69) is 33.9 Å². The van der Waals surface area contributed by atoms with E-state index in [0.717, 1.165) is 25.9 Å². The van der Waals surface area contributed by atoms with Crippen molar-refractivity contribution in [3.8, 4) is 0 Å². The molecule has 112 valence electrons. The molecule has 0 rings (SSSR count). The van der Waals surface area contributed by atoms with Crippen molar-refractivity contribution in [1.29, 1.82) is 0 Å². The summed E-state index contributed by atoms with van der Waals surface area (Å²) in [5, 5.41) is 0. The van der Waals surface area contributed by atoms with Gasteiger partial charge in [-0.2, -0.15) is 0 Å². The van der Waals surface area contributed by atoms with Crippen LogP contribution in [-0.4, -0.2) is 29.4 Å². The first-order chi connectivity index (χ1) is 8.39. The van der Waals surface area contributed by atoms with Gasteiger partial charge in [0.05, 0.1) is 0 Å². The fourth-order valence-corrected chi connectivity index (χ4v) is 4.12. The molecule has 3 nitrogen and oxygen atoms in total. The number of hydrogen-bond donors (Lipinski definition) is 1.